The van der Waals surface area contributed by atoms with Crippen molar-refractivity contribution in [3.05, 3.63) is 71.3 Å². The predicted molar refractivity (Wildman–Crippen MR) is 100 cm³/mol. The third-order valence-electron chi connectivity index (χ3n) is 3.53. The van der Waals surface area contributed by atoms with Gasteiger partial charge in [0.05, 0.1) is 18.7 Å². The molecule has 0 saturated carbocycles. The molecule has 132 valence electrons. The van der Waals surface area contributed by atoms with Crippen LogP contribution in [0, 0.1) is 0 Å². The summed E-state index contributed by atoms with van der Waals surface area (Å²) in [7, 11) is 0. The van der Waals surface area contributed by atoms with Crippen molar-refractivity contribution in [2.45, 2.75) is 26.9 Å². The second kappa shape index (κ2) is 10.1. The molecule has 0 bridgehead atoms. The molecule has 0 spiro atoms. The molecule has 0 aliphatic heterocycles. The monoisotopic (exact) mass is 339 g/mol. The predicted octanol–water partition coefficient (Wildman–Crippen LogP) is 3.12. The summed E-state index contributed by atoms with van der Waals surface area (Å²) in [6, 6.07) is 17.5. The molecule has 2 rings (SSSR count). The van der Waals surface area contributed by atoms with Gasteiger partial charge in [0.2, 0.25) is 0 Å². The summed E-state index contributed by atoms with van der Waals surface area (Å²) >= 11 is 0. The van der Waals surface area contributed by atoms with Gasteiger partial charge in [-0.2, -0.15) is 0 Å². The Morgan fingerprint density at radius 3 is 2.32 bits per heavy atom. The number of hydrogen-bond donors (Lipinski definition) is 2. The topological polar surface area (TPSA) is 62.7 Å². The number of carbonyl (C=O) groups is 1. The molecule has 2 N–H and O–H groups in total. The summed E-state index contributed by atoms with van der Waals surface area (Å²) in [5, 5.41) is 6.54. The van der Waals surface area contributed by atoms with E-state index in [9.17, 15) is 4.79 Å². The fourth-order valence-electron chi connectivity index (χ4n) is 2.25. The first-order valence-electron chi connectivity index (χ1n) is 8.55. The van der Waals surface area contributed by atoms with Crippen LogP contribution in [-0.4, -0.2) is 25.1 Å². The highest BCUT2D eigenvalue weighted by Gasteiger charge is 2.05. The zero-order valence-corrected chi connectivity index (χ0v) is 14.8. The maximum atomic E-state index is 11.7. The van der Waals surface area contributed by atoms with Crippen LogP contribution in [0.4, 0.5) is 0 Å². The van der Waals surface area contributed by atoms with Crippen molar-refractivity contribution in [1.29, 1.82) is 0 Å². The molecule has 2 aromatic rings. The molecule has 5 heteroatoms. The van der Waals surface area contributed by atoms with Gasteiger partial charge in [0.15, 0.2) is 5.96 Å². The van der Waals surface area contributed by atoms with Crippen LogP contribution < -0.4 is 10.6 Å². The zero-order chi connectivity index (χ0) is 17.9. The van der Waals surface area contributed by atoms with E-state index in [1.165, 1.54) is 5.56 Å². The lowest BCUT2D eigenvalue weighted by molar-refractivity contribution is 0.0526. The van der Waals surface area contributed by atoms with Crippen molar-refractivity contribution in [2.24, 2.45) is 4.99 Å². The largest absolute Gasteiger partial charge is 0.462 e. The molecule has 25 heavy (non-hydrogen) atoms. The van der Waals surface area contributed by atoms with E-state index in [2.05, 4.69) is 27.8 Å². The Balaban J connectivity index is 1.92. The summed E-state index contributed by atoms with van der Waals surface area (Å²) in [5.74, 6) is 0.473. The van der Waals surface area contributed by atoms with Crippen molar-refractivity contribution in [3.63, 3.8) is 0 Å². The molecule has 0 saturated heterocycles. The molecule has 0 atom stereocenters. The Morgan fingerprint density at radius 1 is 0.960 bits per heavy atom. The highest BCUT2D eigenvalue weighted by molar-refractivity contribution is 5.89. The zero-order valence-electron chi connectivity index (χ0n) is 14.8. The number of rotatable bonds is 7. The molecule has 0 heterocycles. The Kier molecular flexibility index (Phi) is 7.50. The molecule has 5 nitrogen and oxygen atoms in total. The van der Waals surface area contributed by atoms with Crippen molar-refractivity contribution in [3.8, 4) is 0 Å². The van der Waals surface area contributed by atoms with E-state index in [4.69, 9.17) is 4.74 Å². The number of esters is 1. The number of guanidine groups is 1. The van der Waals surface area contributed by atoms with Gasteiger partial charge in [-0.3, -0.25) is 0 Å². The van der Waals surface area contributed by atoms with Gasteiger partial charge in [0.1, 0.15) is 0 Å². The van der Waals surface area contributed by atoms with Gasteiger partial charge in [-0.25, -0.2) is 9.79 Å². The quantitative estimate of drug-likeness (QED) is 0.462. The molecule has 0 amide bonds. The van der Waals surface area contributed by atoms with E-state index in [0.29, 0.717) is 25.3 Å². The van der Waals surface area contributed by atoms with Crippen LogP contribution in [0.1, 0.15) is 35.3 Å². The van der Waals surface area contributed by atoms with Crippen LogP contribution in [-0.2, 0) is 17.8 Å². The van der Waals surface area contributed by atoms with E-state index < -0.39 is 0 Å². The average Bonchev–Trinajstić information content (AvgIpc) is 2.65. The summed E-state index contributed by atoms with van der Waals surface area (Å²) in [6.07, 6.45) is 0. The van der Waals surface area contributed by atoms with E-state index in [1.807, 2.05) is 37.3 Å². The Morgan fingerprint density at radius 2 is 1.68 bits per heavy atom. The minimum atomic E-state index is -0.292. The number of aliphatic imine (C=N–C) groups is 1. The fraction of sp³-hybridized carbons (Fsp3) is 0.300. The number of carbonyl (C=O) groups excluding carboxylic acids is 1. The molecule has 0 unspecified atom stereocenters. The Hall–Kier alpha value is -2.82. The van der Waals surface area contributed by atoms with Crippen LogP contribution in [0.2, 0.25) is 0 Å². The highest BCUT2D eigenvalue weighted by Crippen LogP contribution is 2.06. The molecular formula is C20H25N3O2. The van der Waals surface area contributed by atoms with Gasteiger partial charge in [0, 0.05) is 13.1 Å². The van der Waals surface area contributed by atoms with Crippen LogP contribution in [0.3, 0.4) is 0 Å². The van der Waals surface area contributed by atoms with Crippen LogP contribution in [0.5, 0.6) is 0 Å². The maximum Gasteiger partial charge on any atom is 0.338 e. The highest BCUT2D eigenvalue weighted by atomic mass is 16.5. The van der Waals surface area contributed by atoms with Gasteiger partial charge >= 0.3 is 5.97 Å². The molecule has 0 fully saturated rings. The van der Waals surface area contributed by atoms with Crippen molar-refractivity contribution in [1.82, 2.24) is 10.6 Å². The lowest BCUT2D eigenvalue weighted by Gasteiger charge is -2.11. The number of nitrogens with one attached hydrogen (secondary N) is 2. The van der Waals surface area contributed by atoms with Crippen LogP contribution >= 0.6 is 0 Å². The first kappa shape index (κ1) is 18.5. The van der Waals surface area contributed by atoms with Crippen molar-refractivity contribution < 1.29 is 9.53 Å². The van der Waals surface area contributed by atoms with Gasteiger partial charge in [-0.1, -0.05) is 42.5 Å². The number of nitrogens with zero attached hydrogens (tertiary/aromatic N) is 1. The third kappa shape index (κ3) is 6.30. The van der Waals surface area contributed by atoms with E-state index in [1.54, 1.807) is 19.1 Å². The standard InChI is InChI=1S/C20H25N3O2/c1-3-21-20(22-14-16-8-6-5-7-9-16)23-15-17-10-12-18(13-11-17)19(24)25-4-2/h5-13H,3-4,14-15H2,1-2H3,(H2,21,22,23). The number of benzene rings is 2. The first-order chi connectivity index (χ1) is 12.2. The molecule has 0 aliphatic rings. The van der Waals surface area contributed by atoms with Crippen molar-refractivity contribution >= 4 is 11.9 Å². The summed E-state index contributed by atoms with van der Waals surface area (Å²) in [4.78, 5) is 16.2. The molecular weight excluding hydrogens is 314 g/mol. The van der Waals surface area contributed by atoms with Gasteiger partial charge in [-0.05, 0) is 37.1 Å². The second-order valence-electron chi connectivity index (χ2n) is 5.45. The average molecular weight is 339 g/mol. The SMILES string of the molecule is CCNC(=NCc1ccccc1)NCc1ccc(C(=O)OCC)cc1. The summed E-state index contributed by atoms with van der Waals surface area (Å²) in [6.45, 7) is 6.26. The summed E-state index contributed by atoms with van der Waals surface area (Å²) in [5.41, 5.74) is 2.80. The normalized spacial score (nSPS) is 11.0. The van der Waals surface area contributed by atoms with Gasteiger partial charge in [0.25, 0.3) is 0 Å². The third-order valence-corrected chi connectivity index (χ3v) is 3.53. The first-order valence-corrected chi connectivity index (χ1v) is 8.55. The lowest BCUT2D eigenvalue weighted by atomic mass is 10.1. The van der Waals surface area contributed by atoms with Gasteiger partial charge < -0.3 is 15.4 Å². The molecule has 0 radical (unpaired) electrons. The summed E-state index contributed by atoms with van der Waals surface area (Å²) < 4.78 is 4.99. The Bertz CT molecular complexity index is 682. The lowest BCUT2D eigenvalue weighted by Crippen LogP contribution is -2.36. The van der Waals surface area contributed by atoms with Crippen LogP contribution in [0.15, 0.2) is 59.6 Å². The fourth-order valence-corrected chi connectivity index (χ4v) is 2.25. The van der Waals surface area contributed by atoms with Crippen LogP contribution in [0.25, 0.3) is 0 Å². The Labute approximate surface area is 149 Å². The smallest absolute Gasteiger partial charge is 0.338 e. The maximum absolute atomic E-state index is 11.7. The molecule has 0 aliphatic carbocycles. The van der Waals surface area contributed by atoms with E-state index in [-0.39, 0.29) is 5.97 Å². The minimum absolute atomic E-state index is 0.292. The number of hydrogen-bond acceptors (Lipinski definition) is 3. The van der Waals surface area contributed by atoms with E-state index >= 15 is 0 Å². The van der Waals surface area contributed by atoms with E-state index in [0.717, 1.165) is 18.1 Å². The molecule has 2 aromatic carbocycles. The molecule has 0 aromatic heterocycles. The second-order valence-corrected chi connectivity index (χ2v) is 5.45. The van der Waals surface area contributed by atoms with Crippen molar-refractivity contribution in [2.75, 3.05) is 13.2 Å². The number of ether oxygens (including phenoxy) is 1. The van der Waals surface area contributed by atoms with Gasteiger partial charge in [-0.15, -0.1) is 0 Å². The minimum Gasteiger partial charge on any atom is -0.462 e.